The Hall–Kier alpha value is -2.73. The summed E-state index contributed by atoms with van der Waals surface area (Å²) < 4.78 is 7.85. The van der Waals surface area contributed by atoms with Gasteiger partial charge in [-0.2, -0.15) is 0 Å². The lowest BCUT2D eigenvalue weighted by Crippen LogP contribution is -2.50. The van der Waals surface area contributed by atoms with Crippen molar-refractivity contribution in [1.29, 1.82) is 0 Å². The molecule has 0 saturated carbocycles. The number of halogens is 1. The summed E-state index contributed by atoms with van der Waals surface area (Å²) in [6.45, 7) is 7.74. The van der Waals surface area contributed by atoms with Crippen LogP contribution >= 0.6 is 11.6 Å². The summed E-state index contributed by atoms with van der Waals surface area (Å²) in [5.74, 6) is 0.900. The number of nitrogens with zero attached hydrogens (tertiary/aromatic N) is 4. The second-order valence-corrected chi connectivity index (χ2v) is 9.88. The summed E-state index contributed by atoms with van der Waals surface area (Å²) in [6.07, 6.45) is 1.69. The maximum Gasteiger partial charge on any atom is 0.410 e. The number of carbonyl (C=O) groups is 1. The number of anilines is 1. The van der Waals surface area contributed by atoms with Gasteiger partial charge in [0.05, 0.1) is 17.6 Å². The number of fused-ring (bicyclic) bond motifs is 1. The van der Waals surface area contributed by atoms with Crippen LogP contribution in [0.25, 0.3) is 11.0 Å². The van der Waals surface area contributed by atoms with Gasteiger partial charge in [-0.05, 0) is 63.4 Å². The zero-order valence-corrected chi connectivity index (χ0v) is 20.0. The Morgan fingerprint density at radius 2 is 1.91 bits per heavy atom. The lowest BCUT2D eigenvalue weighted by atomic mass is 10.1. The van der Waals surface area contributed by atoms with E-state index in [1.165, 1.54) is 0 Å². The van der Waals surface area contributed by atoms with Gasteiger partial charge in [-0.1, -0.05) is 35.9 Å². The predicted molar refractivity (Wildman–Crippen MR) is 130 cm³/mol. The first-order chi connectivity index (χ1) is 15.2. The Morgan fingerprint density at radius 1 is 1.19 bits per heavy atom. The topological polar surface area (TPSA) is 50.6 Å². The van der Waals surface area contributed by atoms with Crippen LogP contribution in [0.3, 0.4) is 0 Å². The van der Waals surface area contributed by atoms with Crippen LogP contribution in [-0.4, -0.2) is 52.3 Å². The highest BCUT2D eigenvalue weighted by atomic mass is 35.5. The molecule has 1 aromatic heterocycles. The molecule has 2 heterocycles. The molecule has 0 aliphatic carbocycles. The first-order valence-electron chi connectivity index (χ1n) is 11.1. The molecular formula is C25H31ClN4O2. The number of para-hydroxylation sites is 2. The van der Waals surface area contributed by atoms with E-state index in [9.17, 15) is 4.79 Å². The molecule has 0 spiro atoms. The van der Waals surface area contributed by atoms with Gasteiger partial charge in [-0.25, -0.2) is 9.78 Å². The van der Waals surface area contributed by atoms with Crippen molar-refractivity contribution in [3.8, 4) is 0 Å². The van der Waals surface area contributed by atoms with E-state index in [-0.39, 0.29) is 12.1 Å². The van der Waals surface area contributed by atoms with Crippen LogP contribution in [0.2, 0.25) is 5.02 Å². The highest BCUT2D eigenvalue weighted by molar-refractivity contribution is 6.30. The molecule has 1 fully saturated rings. The molecule has 1 amide bonds. The van der Waals surface area contributed by atoms with Crippen molar-refractivity contribution in [3.63, 3.8) is 0 Å². The van der Waals surface area contributed by atoms with E-state index >= 15 is 0 Å². The number of hydrogen-bond acceptors (Lipinski definition) is 4. The molecule has 1 aliphatic rings. The fourth-order valence-electron chi connectivity index (χ4n) is 4.19. The summed E-state index contributed by atoms with van der Waals surface area (Å²) in [5.41, 5.74) is 2.71. The summed E-state index contributed by atoms with van der Waals surface area (Å²) in [7, 11) is 2.07. The van der Waals surface area contributed by atoms with E-state index < -0.39 is 5.60 Å². The van der Waals surface area contributed by atoms with Gasteiger partial charge in [0.25, 0.3) is 0 Å². The minimum atomic E-state index is -0.498. The Labute approximate surface area is 194 Å². The van der Waals surface area contributed by atoms with Gasteiger partial charge < -0.3 is 19.1 Å². The van der Waals surface area contributed by atoms with Crippen LogP contribution < -0.4 is 4.90 Å². The van der Waals surface area contributed by atoms with E-state index in [1.54, 1.807) is 0 Å². The van der Waals surface area contributed by atoms with E-state index in [4.69, 9.17) is 21.3 Å². The second-order valence-electron chi connectivity index (χ2n) is 9.45. The molecule has 170 valence electrons. The molecule has 1 saturated heterocycles. The Bertz CT molecular complexity index is 1090. The monoisotopic (exact) mass is 454 g/mol. The summed E-state index contributed by atoms with van der Waals surface area (Å²) >= 11 is 6.08. The number of piperidine rings is 1. The predicted octanol–water partition coefficient (Wildman–Crippen LogP) is 5.57. The maximum atomic E-state index is 12.6. The molecule has 32 heavy (non-hydrogen) atoms. The van der Waals surface area contributed by atoms with E-state index in [0.717, 1.165) is 47.0 Å². The van der Waals surface area contributed by atoms with Crippen molar-refractivity contribution in [2.24, 2.45) is 0 Å². The normalized spacial score (nSPS) is 16.9. The minimum Gasteiger partial charge on any atom is -0.444 e. The van der Waals surface area contributed by atoms with E-state index in [2.05, 4.69) is 22.6 Å². The van der Waals surface area contributed by atoms with Gasteiger partial charge in [-0.3, -0.25) is 0 Å². The van der Waals surface area contributed by atoms with E-state index in [0.29, 0.717) is 13.1 Å². The number of ether oxygens (including phenoxy) is 1. The minimum absolute atomic E-state index is 0.164. The van der Waals surface area contributed by atoms with Gasteiger partial charge in [0.15, 0.2) is 0 Å². The number of likely N-dealkylation sites (tertiary alicyclic amines) is 1. The molecule has 0 unspecified atom stereocenters. The fraction of sp³-hybridized carbons (Fsp3) is 0.440. The number of benzene rings is 2. The molecule has 3 aromatic rings. The summed E-state index contributed by atoms with van der Waals surface area (Å²) in [5, 5.41) is 0.728. The van der Waals surface area contributed by atoms with Crippen LogP contribution in [0, 0.1) is 0 Å². The Morgan fingerprint density at radius 3 is 2.62 bits per heavy atom. The van der Waals surface area contributed by atoms with Crippen molar-refractivity contribution in [1.82, 2.24) is 14.5 Å². The standard InChI is InChI=1S/C25H31ClN4O2/c1-25(2,3)32-24(31)29-15-7-8-20(17-29)28(4)23-27-21-9-5-6-10-22(21)30(23)16-18-11-13-19(26)14-12-18/h5-6,9-14,20H,7-8,15-17H2,1-4H3/t20-/m0/s1. The number of amides is 1. The third kappa shape index (κ3) is 5.01. The number of hydrogen-bond donors (Lipinski definition) is 0. The van der Waals surface area contributed by atoms with Crippen LogP contribution in [0.1, 0.15) is 39.2 Å². The molecule has 1 aliphatic heterocycles. The smallest absolute Gasteiger partial charge is 0.410 e. The lowest BCUT2D eigenvalue weighted by Gasteiger charge is -2.38. The van der Waals surface area contributed by atoms with Crippen molar-refractivity contribution in [2.45, 2.75) is 51.8 Å². The molecule has 0 bridgehead atoms. The molecule has 0 radical (unpaired) electrons. The highest BCUT2D eigenvalue weighted by Crippen LogP contribution is 2.27. The van der Waals surface area contributed by atoms with Crippen molar-refractivity contribution in [3.05, 3.63) is 59.1 Å². The first-order valence-corrected chi connectivity index (χ1v) is 11.5. The highest BCUT2D eigenvalue weighted by Gasteiger charge is 2.31. The SMILES string of the molecule is CN(c1nc2ccccc2n1Cc1ccc(Cl)cc1)[C@H]1CCCN(C(=O)OC(C)(C)C)C1. The quantitative estimate of drug-likeness (QED) is 0.516. The molecule has 7 heteroatoms. The van der Waals surface area contributed by atoms with Gasteiger partial charge >= 0.3 is 6.09 Å². The summed E-state index contributed by atoms with van der Waals surface area (Å²) in [4.78, 5) is 21.6. The third-order valence-electron chi connectivity index (χ3n) is 5.80. The van der Waals surface area contributed by atoms with Crippen molar-refractivity contribution in [2.75, 3.05) is 25.0 Å². The first kappa shape index (κ1) is 22.5. The number of rotatable bonds is 4. The lowest BCUT2D eigenvalue weighted by molar-refractivity contribution is 0.0199. The largest absolute Gasteiger partial charge is 0.444 e. The molecule has 1 atom stereocenters. The molecule has 0 N–H and O–H groups in total. The average Bonchev–Trinajstić information content (AvgIpc) is 3.12. The van der Waals surface area contributed by atoms with Gasteiger partial charge in [0.1, 0.15) is 5.60 Å². The number of likely N-dealkylation sites (N-methyl/N-ethyl adjacent to an activating group) is 1. The van der Waals surface area contributed by atoms with Crippen LogP contribution in [0.15, 0.2) is 48.5 Å². The van der Waals surface area contributed by atoms with Crippen LogP contribution in [-0.2, 0) is 11.3 Å². The molecule has 6 nitrogen and oxygen atoms in total. The maximum absolute atomic E-state index is 12.6. The number of carbonyl (C=O) groups excluding carboxylic acids is 1. The van der Waals surface area contributed by atoms with E-state index in [1.807, 2.05) is 68.1 Å². The fourth-order valence-corrected chi connectivity index (χ4v) is 4.31. The Balaban J connectivity index is 1.61. The number of aromatic nitrogens is 2. The van der Waals surface area contributed by atoms with Crippen LogP contribution in [0.5, 0.6) is 0 Å². The Kier molecular flexibility index (Phi) is 6.33. The van der Waals surface area contributed by atoms with Gasteiger partial charge in [-0.15, -0.1) is 0 Å². The third-order valence-corrected chi connectivity index (χ3v) is 6.05. The summed E-state index contributed by atoms with van der Waals surface area (Å²) in [6, 6.07) is 16.3. The van der Waals surface area contributed by atoms with Gasteiger partial charge in [0, 0.05) is 31.2 Å². The molecule has 4 rings (SSSR count). The molecular weight excluding hydrogens is 424 g/mol. The number of imidazole rings is 1. The van der Waals surface area contributed by atoms with Gasteiger partial charge in [0.2, 0.25) is 5.95 Å². The molecule has 2 aromatic carbocycles. The second kappa shape index (κ2) is 9.02. The van der Waals surface area contributed by atoms with Crippen LogP contribution in [0.4, 0.5) is 10.7 Å². The average molecular weight is 455 g/mol. The van der Waals surface area contributed by atoms with Crippen molar-refractivity contribution >= 4 is 34.7 Å². The zero-order valence-electron chi connectivity index (χ0n) is 19.2. The zero-order chi connectivity index (χ0) is 22.9. The van der Waals surface area contributed by atoms with Crippen molar-refractivity contribution < 1.29 is 9.53 Å².